The van der Waals surface area contributed by atoms with Gasteiger partial charge < -0.3 is 10.4 Å². The first-order chi connectivity index (χ1) is 9.19. The number of benzene rings is 1. The van der Waals surface area contributed by atoms with Gasteiger partial charge in [0.25, 0.3) is 0 Å². The maximum absolute atomic E-state index is 12.0. The molecule has 1 aromatic rings. The lowest BCUT2D eigenvalue weighted by Gasteiger charge is -2.31. The number of nitrogens with one attached hydrogen (secondary N) is 1. The number of aliphatic hydroxyl groups is 1. The SMILES string of the molecule is O=C(CN1CCCC(CO)C1)Nc1ccccc1Br. The maximum atomic E-state index is 12.0. The molecule has 1 saturated heterocycles. The molecular formula is C14H19BrN2O2. The first kappa shape index (κ1) is 14.5. The maximum Gasteiger partial charge on any atom is 0.238 e. The Morgan fingerprint density at radius 1 is 1.47 bits per heavy atom. The van der Waals surface area contributed by atoms with Gasteiger partial charge in [0.05, 0.1) is 12.2 Å². The zero-order valence-electron chi connectivity index (χ0n) is 10.8. The highest BCUT2D eigenvalue weighted by Crippen LogP contribution is 2.21. The van der Waals surface area contributed by atoms with Crippen LogP contribution in [0.1, 0.15) is 12.8 Å². The normalized spacial score (nSPS) is 20.2. The zero-order chi connectivity index (χ0) is 13.7. The van der Waals surface area contributed by atoms with E-state index in [-0.39, 0.29) is 12.5 Å². The number of nitrogens with zero attached hydrogens (tertiary/aromatic N) is 1. The van der Waals surface area contributed by atoms with Gasteiger partial charge in [0.2, 0.25) is 5.91 Å². The minimum atomic E-state index is -0.00881. The Balaban J connectivity index is 1.86. The van der Waals surface area contributed by atoms with Gasteiger partial charge in [-0.15, -0.1) is 0 Å². The summed E-state index contributed by atoms with van der Waals surface area (Å²) in [7, 11) is 0. The summed E-state index contributed by atoms with van der Waals surface area (Å²) in [6.07, 6.45) is 2.10. The molecule has 1 aromatic carbocycles. The summed E-state index contributed by atoms with van der Waals surface area (Å²) < 4.78 is 0.884. The van der Waals surface area contributed by atoms with Gasteiger partial charge in [0.1, 0.15) is 0 Å². The third-order valence-corrected chi connectivity index (χ3v) is 4.07. The molecule has 5 heteroatoms. The molecule has 0 radical (unpaired) electrons. The third kappa shape index (κ3) is 4.30. The molecule has 104 valence electrons. The van der Waals surface area contributed by atoms with E-state index in [1.54, 1.807) is 0 Å². The monoisotopic (exact) mass is 326 g/mol. The van der Waals surface area contributed by atoms with Crippen molar-refractivity contribution in [3.05, 3.63) is 28.7 Å². The number of para-hydroxylation sites is 1. The number of hydrogen-bond acceptors (Lipinski definition) is 3. The Morgan fingerprint density at radius 3 is 3.00 bits per heavy atom. The first-order valence-electron chi connectivity index (χ1n) is 6.56. The topological polar surface area (TPSA) is 52.6 Å². The summed E-state index contributed by atoms with van der Waals surface area (Å²) in [6, 6.07) is 7.58. The van der Waals surface area contributed by atoms with Gasteiger partial charge in [-0.1, -0.05) is 12.1 Å². The summed E-state index contributed by atoms with van der Waals surface area (Å²) in [4.78, 5) is 14.1. The van der Waals surface area contributed by atoms with E-state index in [0.717, 1.165) is 36.1 Å². The van der Waals surface area contributed by atoms with Crippen LogP contribution in [0.5, 0.6) is 0 Å². The van der Waals surface area contributed by atoms with Gasteiger partial charge in [0, 0.05) is 17.6 Å². The van der Waals surface area contributed by atoms with Crippen molar-refractivity contribution in [3.8, 4) is 0 Å². The van der Waals surface area contributed by atoms with Gasteiger partial charge in [0.15, 0.2) is 0 Å². The lowest BCUT2D eigenvalue weighted by molar-refractivity contribution is -0.117. The van der Waals surface area contributed by atoms with Gasteiger partial charge >= 0.3 is 0 Å². The summed E-state index contributed by atoms with van der Waals surface area (Å²) in [5.41, 5.74) is 0.795. The highest BCUT2D eigenvalue weighted by atomic mass is 79.9. The lowest BCUT2D eigenvalue weighted by Crippen LogP contribution is -2.41. The molecule has 1 amide bonds. The summed E-state index contributed by atoms with van der Waals surface area (Å²) in [5.74, 6) is 0.301. The van der Waals surface area contributed by atoms with Gasteiger partial charge in [-0.3, -0.25) is 9.69 Å². The van der Waals surface area contributed by atoms with E-state index in [9.17, 15) is 9.90 Å². The Labute approximate surface area is 121 Å². The van der Waals surface area contributed by atoms with Gasteiger partial charge in [-0.25, -0.2) is 0 Å². The standard InChI is InChI=1S/C14H19BrN2O2/c15-12-5-1-2-6-13(12)16-14(19)9-17-7-3-4-11(8-17)10-18/h1-2,5-6,11,18H,3-4,7-10H2,(H,16,19). The number of rotatable bonds is 4. The molecule has 2 N–H and O–H groups in total. The van der Waals surface area contributed by atoms with Crippen LogP contribution in [0, 0.1) is 5.92 Å². The number of halogens is 1. The molecule has 2 rings (SSSR count). The molecule has 19 heavy (non-hydrogen) atoms. The average Bonchev–Trinajstić information content (AvgIpc) is 2.41. The van der Waals surface area contributed by atoms with Crippen molar-refractivity contribution in [2.24, 2.45) is 5.92 Å². The molecule has 1 aliphatic heterocycles. The van der Waals surface area contributed by atoms with Crippen molar-refractivity contribution in [2.75, 3.05) is 31.6 Å². The van der Waals surface area contributed by atoms with E-state index in [2.05, 4.69) is 26.1 Å². The second-order valence-corrected chi connectivity index (χ2v) is 5.81. The highest BCUT2D eigenvalue weighted by Gasteiger charge is 2.21. The van der Waals surface area contributed by atoms with E-state index in [1.807, 2.05) is 24.3 Å². The Kier molecular flexibility index (Phi) is 5.36. The second kappa shape index (κ2) is 7.03. The van der Waals surface area contributed by atoms with Gasteiger partial charge in [-0.05, 0) is 53.4 Å². The predicted octanol–water partition coefficient (Wildman–Crippen LogP) is 2.09. The lowest BCUT2D eigenvalue weighted by atomic mass is 9.99. The van der Waals surface area contributed by atoms with E-state index < -0.39 is 0 Å². The second-order valence-electron chi connectivity index (χ2n) is 4.95. The minimum absolute atomic E-state index is 0.00881. The van der Waals surface area contributed by atoms with Gasteiger partial charge in [-0.2, -0.15) is 0 Å². The highest BCUT2D eigenvalue weighted by molar-refractivity contribution is 9.10. The van der Waals surface area contributed by atoms with Crippen LogP contribution >= 0.6 is 15.9 Å². The molecular weight excluding hydrogens is 308 g/mol. The largest absolute Gasteiger partial charge is 0.396 e. The Hall–Kier alpha value is -0.910. The molecule has 0 aliphatic carbocycles. The van der Waals surface area contributed by atoms with Crippen LogP contribution in [-0.2, 0) is 4.79 Å². The molecule has 0 spiro atoms. The summed E-state index contributed by atoms with van der Waals surface area (Å²) in [5, 5.41) is 12.1. The van der Waals surface area contributed by atoms with Crippen LogP contribution in [-0.4, -0.2) is 42.2 Å². The molecule has 1 unspecified atom stereocenters. The van der Waals surface area contributed by atoms with Crippen LogP contribution in [0.15, 0.2) is 28.7 Å². The molecule has 0 bridgehead atoms. The van der Waals surface area contributed by atoms with E-state index >= 15 is 0 Å². The number of anilines is 1. The number of carbonyl (C=O) groups is 1. The number of likely N-dealkylation sites (tertiary alicyclic amines) is 1. The fourth-order valence-corrected chi connectivity index (χ4v) is 2.78. The van der Waals surface area contributed by atoms with Crippen LogP contribution in [0.4, 0.5) is 5.69 Å². The van der Waals surface area contributed by atoms with Crippen molar-refractivity contribution in [3.63, 3.8) is 0 Å². The van der Waals surface area contributed by atoms with Crippen molar-refractivity contribution < 1.29 is 9.90 Å². The molecule has 1 fully saturated rings. The van der Waals surface area contributed by atoms with E-state index in [1.165, 1.54) is 0 Å². The molecule has 4 nitrogen and oxygen atoms in total. The third-order valence-electron chi connectivity index (χ3n) is 3.38. The molecule has 0 aromatic heterocycles. The Bertz CT molecular complexity index is 439. The molecule has 0 saturated carbocycles. The number of carbonyl (C=O) groups excluding carboxylic acids is 1. The predicted molar refractivity (Wildman–Crippen MR) is 79.0 cm³/mol. The van der Waals surface area contributed by atoms with Crippen molar-refractivity contribution in [2.45, 2.75) is 12.8 Å². The summed E-state index contributed by atoms with van der Waals surface area (Å²) in [6.45, 7) is 2.33. The van der Waals surface area contributed by atoms with Crippen LogP contribution in [0.3, 0.4) is 0 Å². The quantitative estimate of drug-likeness (QED) is 0.890. The molecule has 1 aliphatic rings. The molecule has 1 atom stereocenters. The van der Waals surface area contributed by atoms with E-state index in [0.29, 0.717) is 12.5 Å². The number of piperidine rings is 1. The number of aliphatic hydroxyl groups excluding tert-OH is 1. The number of hydrogen-bond donors (Lipinski definition) is 2. The fourth-order valence-electron chi connectivity index (χ4n) is 2.40. The smallest absolute Gasteiger partial charge is 0.238 e. The van der Waals surface area contributed by atoms with Crippen molar-refractivity contribution in [1.82, 2.24) is 4.90 Å². The van der Waals surface area contributed by atoms with Crippen molar-refractivity contribution in [1.29, 1.82) is 0 Å². The van der Waals surface area contributed by atoms with Crippen molar-refractivity contribution >= 4 is 27.5 Å². The Morgan fingerprint density at radius 2 is 2.26 bits per heavy atom. The van der Waals surface area contributed by atoms with E-state index in [4.69, 9.17) is 0 Å². The zero-order valence-corrected chi connectivity index (χ0v) is 12.4. The fraction of sp³-hybridized carbons (Fsp3) is 0.500. The van der Waals surface area contributed by atoms with Crippen LogP contribution < -0.4 is 5.32 Å². The summed E-state index contributed by atoms with van der Waals surface area (Å²) >= 11 is 3.41. The van der Waals surface area contributed by atoms with Crippen LogP contribution in [0.25, 0.3) is 0 Å². The molecule has 1 heterocycles. The minimum Gasteiger partial charge on any atom is -0.396 e. The average molecular weight is 327 g/mol. The van der Waals surface area contributed by atoms with Crippen LogP contribution in [0.2, 0.25) is 0 Å². The number of amides is 1. The first-order valence-corrected chi connectivity index (χ1v) is 7.36.